The first-order valence-corrected chi connectivity index (χ1v) is 12.1. The molecule has 0 atom stereocenters. The molecule has 32 heavy (non-hydrogen) atoms. The van der Waals surface area contributed by atoms with E-state index in [1.54, 1.807) is 37.4 Å². The predicted octanol–water partition coefficient (Wildman–Crippen LogP) is 3.53. The van der Waals surface area contributed by atoms with Crippen LogP contribution in [0.25, 0.3) is 22.4 Å². The topological polar surface area (TPSA) is 125 Å². The minimum atomic E-state index is -3.58. The number of carbonyl (C=O) groups excluding carboxylic acids is 1. The van der Waals surface area contributed by atoms with Gasteiger partial charge in [-0.1, -0.05) is 13.8 Å². The molecule has 4 aromatic rings. The maximum absolute atomic E-state index is 12.6. The summed E-state index contributed by atoms with van der Waals surface area (Å²) in [4.78, 5) is 31.1. The Kier molecular flexibility index (Phi) is 5.96. The van der Waals surface area contributed by atoms with Crippen LogP contribution in [0, 0.1) is 0 Å². The number of carbonyl (C=O) groups is 1. The monoisotopic (exact) mass is 472 g/mol. The van der Waals surface area contributed by atoms with Gasteiger partial charge in [-0.05, 0) is 42.5 Å². The molecule has 1 amide bonds. The van der Waals surface area contributed by atoms with E-state index in [9.17, 15) is 18.0 Å². The van der Waals surface area contributed by atoms with Gasteiger partial charge >= 0.3 is 5.76 Å². The van der Waals surface area contributed by atoms with E-state index >= 15 is 0 Å². The second kappa shape index (κ2) is 8.69. The van der Waals surface area contributed by atoms with Gasteiger partial charge in [0.15, 0.2) is 10.7 Å². The van der Waals surface area contributed by atoms with Crippen LogP contribution in [0.2, 0.25) is 0 Å². The van der Waals surface area contributed by atoms with Crippen LogP contribution >= 0.6 is 11.3 Å². The van der Waals surface area contributed by atoms with E-state index in [0.29, 0.717) is 40.6 Å². The Morgan fingerprint density at radius 3 is 2.56 bits per heavy atom. The summed E-state index contributed by atoms with van der Waals surface area (Å²) in [6.45, 7) is 4.30. The summed E-state index contributed by atoms with van der Waals surface area (Å²) in [5.74, 6) is -0.924. The normalized spacial score (nSPS) is 11.8. The maximum Gasteiger partial charge on any atom is 0.417 e. The molecule has 2 heterocycles. The number of anilines is 1. The SMILES string of the molecule is CCN(CC)S(=O)(=O)c1ccc(C(=O)Nc2nc(-c3ccc4oc(=O)[nH]c4c3)cs2)cc1. The third-order valence-corrected chi connectivity index (χ3v) is 7.72. The Morgan fingerprint density at radius 2 is 1.88 bits per heavy atom. The number of benzene rings is 2. The van der Waals surface area contributed by atoms with E-state index in [0.717, 1.165) is 5.56 Å². The van der Waals surface area contributed by atoms with E-state index in [4.69, 9.17) is 4.42 Å². The molecular formula is C21H20N4O5S2. The van der Waals surface area contributed by atoms with Crippen molar-refractivity contribution in [3.63, 3.8) is 0 Å². The number of sulfonamides is 1. The highest BCUT2D eigenvalue weighted by molar-refractivity contribution is 7.89. The largest absolute Gasteiger partial charge is 0.417 e. The predicted molar refractivity (Wildman–Crippen MR) is 122 cm³/mol. The Hall–Kier alpha value is -3.28. The number of nitrogens with zero attached hydrogens (tertiary/aromatic N) is 2. The molecule has 2 N–H and O–H groups in total. The van der Waals surface area contributed by atoms with Gasteiger partial charge < -0.3 is 4.42 Å². The average molecular weight is 473 g/mol. The Bertz CT molecular complexity index is 1430. The van der Waals surface area contributed by atoms with Crippen LogP contribution in [0.1, 0.15) is 24.2 Å². The van der Waals surface area contributed by atoms with Crippen molar-refractivity contribution < 1.29 is 17.6 Å². The fraction of sp³-hybridized carbons (Fsp3) is 0.190. The zero-order chi connectivity index (χ0) is 22.9. The second-order valence-corrected chi connectivity index (χ2v) is 9.63. The lowest BCUT2D eigenvalue weighted by atomic mass is 10.1. The Labute approximate surface area is 187 Å². The molecular weight excluding hydrogens is 452 g/mol. The maximum atomic E-state index is 12.6. The van der Waals surface area contributed by atoms with Crippen LogP contribution in [0.5, 0.6) is 0 Å². The first-order valence-electron chi connectivity index (χ1n) is 9.82. The summed E-state index contributed by atoms with van der Waals surface area (Å²) >= 11 is 1.25. The number of fused-ring (bicyclic) bond motifs is 1. The number of hydrogen-bond acceptors (Lipinski definition) is 7. The van der Waals surface area contributed by atoms with Gasteiger partial charge in [0.2, 0.25) is 10.0 Å². The van der Waals surface area contributed by atoms with Gasteiger partial charge in [0.25, 0.3) is 5.91 Å². The van der Waals surface area contributed by atoms with Crippen molar-refractivity contribution in [1.82, 2.24) is 14.3 Å². The molecule has 0 aliphatic carbocycles. The van der Waals surface area contributed by atoms with Gasteiger partial charge in [0, 0.05) is 29.6 Å². The molecule has 166 valence electrons. The van der Waals surface area contributed by atoms with Crippen molar-refractivity contribution in [3.8, 4) is 11.3 Å². The standard InChI is InChI=1S/C21H20N4O5S2/c1-3-25(4-2)32(28,29)15-8-5-13(6-9-15)19(26)24-20-22-17(12-31-20)14-7-10-18-16(11-14)23-21(27)30-18/h5-12H,3-4H2,1-2H3,(H,23,27)(H,22,24,26). The third kappa shape index (κ3) is 4.22. The van der Waals surface area contributed by atoms with Gasteiger partial charge in [0.1, 0.15) is 0 Å². The number of H-pyrrole nitrogens is 1. The highest BCUT2D eigenvalue weighted by Gasteiger charge is 2.22. The molecule has 11 heteroatoms. The van der Waals surface area contributed by atoms with Crippen molar-refractivity contribution in [2.45, 2.75) is 18.7 Å². The molecule has 0 spiro atoms. The summed E-state index contributed by atoms with van der Waals surface area (Å²) in [6, 6.07) is 11.0. The zero-order valence-electron chi connectivity index (χ0n) is 17.3. The summed E-state index contributed by atoms with van der Waals surface area (Å²) < 4.78 is 31.5. The minimum absolute atomic E-state index is 0.141. The van der Waals surface area contributed by atoms with Gasteiger partial charge in [-0.2, -0.15) is 4.31 Å². The van der Waals surface area contributed by atoms with Crippen molar-refractivity contribution in [2.24, 2.45) is 0 Å². The minimum Gasteiger partial charge on any atom is -0.408 e. The first-order chi connectivity index (χ1) is 15.3. The van der Waals surface area contributed by atoms with Gasteiger partial charge in [-0.3, -0.25) is 15.1 Å². The van der Waals surface area contributed by atoms with E-state index in [1.807, 2.05) is 0 Å². The molecule has 0 aliphatic rings. The van der Waals surface area contributed by atoms with Gasteiger partial charge in [-0.25, -0.2) is 18.2 Å². The fourth-order valence-electron chi connectivity index (χ4n) is 3.24. The average Bonchev–Trinajstić information content (AvgIpc) is 3.39. The number of rotatable bonds is 7. The highest BCUT2D eigenvalue weighted by Crippen LogP contribution is 2.27. The van der Waals surface area contributed by atoms with Crippen molar-refractivity contribution in [1.29, 1.82) is 0 Å². The van der Waals surface area contributed by atoms with Crippen LogP contribution in [-0.2, 0) is 10.0 Å². The molecule has 0 aliphatic heterocycles. The van der Waals surface area contributed by atoms with Crippen LogP contribution in [-0.4, -0.2) is 41.7 Å². The van der Waals surface area contributed by atoms with Crippen molar-refractivity contribution >= 4 is 43.5 Å². The number of thiazole rings is 1. The second-order valence-electron chi connectivity index (χ2n) is 6.83. The molecule has 0 bridgehead atoms. The molecule has 0 fully saturated rings. The Balaban J connectivity index is 1.49. The quantitative estimate of drug-likeness (QED) is 0.424. The molecule has 0 saturated carbocycles. The molecule has 0 unspecified atom stereocenters. The summed E-state index contributed by atoms with van der Waals surface area (Å²) in [6.07, 6.45) is 0. The van der Waals surface area contributed by atoms with Gasteiger partial charge in [0.05, 0.1) is 16.1 Å². The molecule has 2 aromatic heterocycles. The summed E-state index contributed by atoms with van der Waals surface area (Å²) in [5.41, 5.74) is 2.73. The van der Waals surface area contributed by atoms with Crippen LogP contribution in [0.4, 0.5) is 5.13 Å². The number of oxazole rings is 1. The van der Waals surface area contributed by atoms with Crippen LogP contribution in [0.15, 0.2) is 62.0 Å². The van der Waals surface area contributed by atoms with Crippen molar-refractivity contribution in [2.75, 3.05) is 18.4 Å². The zero-order valence-corrected chi connectivity index (χ0v) is 18.9. The number of hydrogen-bond donors (Lipinski definition) is 2. The van der Waals surface area contributed by atoms with E-state index in [-0.39, 0.29) is 4.90 Å². The van der Waals surface area contributed by atoms with E-state index in [2.05, 4.69) is 15.3 Å². The molecule has 9 nitrogen and oxygen atoms in total. The molecule has 4 rings (SSSR count). The number of aromatic amines is 1. The van der Waals surface area contributed by atoms with Gasteiger partial charge in [-0.15, -0.1) is 11.3 Å². The van der Waals surface area contributed by atoms with Crippen LogP contribution in [0.3, 0.4) is 0 Å². The molecule has 0 saturated heterocycles. The first kappa shape index (κ1) is 21.9. The summed E-state index contributed by atoms with van der Waals surface area (Å²) in [5, 5.41) is 4.91. The molecule has 2 aromatic carbocycles. The number of aromatic nitrogens is 2. The fourth-order valence-corrected chi connectivity index (χ4v) is 5.41. The number of nitrogens with one attached hydrogen (secondary N) is 2. The van der Waals surface area contributed by atoms with E-state index in [1.165, 1.54) is 39.9 Å². The summed E-state index contributed by atoms with van der Waals surface area (Å²) in [7, 11) is -3.58. The lowest BCUT2D eigenvalue weighted by Crippen LogP contribution is -2.30. The van der Waals surface area contributed by atoms with Crippen molar-refractivity contribution in [3.05, 3.63) is 64.0 Å². The molecule has 0 radical (unpaired) electrons. The lowest BCUT2D eigenvalue weighted by molar-refractivity contribution is 0.102. The lowest BCUT2D eigenvalue weighted by Gasteiger charge is -2.18. The number of amides is 1. The van der Waals surface area contributed by atoms with Crippen LogP contribution < -0.4 is 11.1 Å². The highest BCUT2D eigenvalue weighted by atomic mass is 32.2. The Morgan fingerprint density at radius 1 is 1.16 bits per heavy atom. The van der Waals surface area contributed by atoms with E-state index < -0.39 is 21.7 Å². The smallest absolute Gasteiger partial charge is 0.408 e. The third-order valence-electron chi connectivity index (χ3n) is 4.90.